The van der Waals surface area contributed by atoms with Crippen molar-refractivity contribution < 1.29 is 9.53 Å². The van der Waals surface area contributed by atoms with Crippen LogP contribution in [0.25, 0.3) is 22.3 Å². The van der Waals surface area contributed by atoms with Gasteiger partial charge in [-0.3, -0.25) is 4.79 Å². The molecule has 1 N–H and O–H groups in total. The number of carbonyl (C=O) groups is 1. The molecule has 34 heavy (non-hydrogen) atoms. The second-order valence-electron chi connectivity index (χ2n) is 8.44. The maximum absolute atomic E-state index is 12.0. The van der Waals surface area contributed by atoms with Crippen molar-refractivity contribution in [3.05, 3.63) is 59.9 Å². The monoisotopic (exact) mass is 456 g/mol. The zero-order chi connectivity index (χ0) is 23.7. The number of hydrogen-bond acceptors (Lipinski definition) is 7. The third kappa shape index (κ3) is 4.36. The smallest absolute Gasteiger partial charge is 0.228 e. The molecule has 0 radical (unpaired) electrons. The Morgan fingerprint density at radius 2 is 1.79 bits per heavy atom. The van der Waals surface area contributed by atoms with Crippen LogP contribution >= 0.6 is 0 Å². The van der Waals surface area contributed by atoms with Crippen molar-refractivity contribution in [1.82, 2.24) is 19.5 Å². The average Bonchev–Trinajstić information content (AvgIpc) is 3.17. The summed E-state index contributed by atoms with van der Waals surface area (Å²) in [5.41, 5.74) is 5.43. The normalized spacial score (nSPS) is 13.9. The zero-order valence-corrected chi connectivity index (χ0v) is 19.7. The van der Waals surface area contributed by atoms with Gasteiger partial charge in [0.2, 0.25) is 5.95 Å². The van der Waals surface area contributed by atoms with Crippen molar-refractivity contribution in [2.75, 3.05) is 36.5 Å². The fourth-order valence-electron chi connectivity index (χ4n) is 4.11. The molecule has 0 atom stereocenters. The van der Waals surface area contributed by atoms with Gasteiger partial charge in [0.05, 0.1) is 29.9 Å². The molecule has 174 valence electrons. The van der Waals surface area contributed by atoms with Crippen LogP contribution in [0.3, 0.4) is 0 Å². The number of carbonyl (C=O) groups excluding carboxylic acids is 1. The Bertz CT molecular complexity index is 1340. The van der Waals surface area contributed by atoms with E-state index in [0.717, 1.165) is 46.9 Å². The molecular weight excluding hydrogens is 428 g/mol. The van der Waals surface area contributed by atoms with Gasteiger partial charge in [-0.2, -0.15) is 4.98 Å². The van der Waals surface area contributed by atoms with Crippen molar-refractivity contribution in [3.63, 3.8) is 0 Å². The molecule has 4 aromatic rings. The Kier molecular flexibility index (Phi) is 5.98. The van der Waals surface area contributed by atoms with Crippen LogP contribution in [0.2, 0.25) is 0 Å². The number of hydrogen-bond donors (Lipinski definition) is 1. The first-order chi connectivity index (χ1) is 16.5. The number of benzene rings is 2. The first kappa shape index (κ1) is 22.0. The Morgan fingerprint density at radius 1 is 1.03 bits per heavy atom. The fraction of sp³-hybridized carbons (Fsp3) is 0.308. The molecule has 8 nitrogen and oxygen atoms in total. The molecule has 1 aliphatic heterocycles. The van der Waals surface area contributed by atoms with Crippen LogP contribution in [0.1, 0.15) is 29.5 Å². The molecule has 8 heteroatoms. The maximum atomic E-state index is 12.0. The van der Waals surface area contributed by atoms with Crippen molar-refractivity contribution in [3.8, 4) is 11.3 Å². The molecule has 0 aliphatic carbocycles. The van der Waals surface area contributed by atoms with Gasteiger partial charge in [0.15, 0.2) is 5.78 Å². The standard InChI is InChI=1S/C26H28N6O2/c1-4-24(33)18-5-8-20(9-6-18)28-25-16-22(29-26(30-25)32-11-13-34-14-12-32)19-7-10-21-23(15-19)31(3)17(2)27-21/h5-10,15-16H,4,11-14H2,1-3H3,(H,28,29,30). The minimum atomic E-state index is 0.131. The summed E-state index contributed by atoms with van der Waals surface area (Å²) in [7, 11) is 2.02. The summed E-state index contributed by atoms with van der Waals surface area (Å²) >= 11 is 0. The van der Waals surface area contributed by atoms with Gasteiger partial charge in [0.1, 0.15) is 11.6 Å². The lowest BCUT2D eigenvalue weighted by molar-refractivity contribution is 0.0988. The highest BCUT2D eigenvalue weighted by molar-refractivity contribution is 5.96. The summed E-state index contributed by atoms with van der Waals surface area (Å²) in [6.07, 6.45) is 0.492. The molecule has 0 spiro atoms. The van der Waals surface area contributed by atoms with Gasteiger partial charge in [-0.1, -0.05) is 13.0 Å². The van der Waals surface area contributed by atoms with E-state index in [1.165, 1.54) is 0 Å². The van der Waals surface area contributed by atoms with Crippen LogP contribution in [-0.4, -0.2) is 51.6 Å². The number of ketones is 1. The predicted octanol–water partition coefficient (Wildman–Crippen LogP) is 4.51. The molecule has 1 fully saturated rings. The average molecular weight is 457 g/mol. The SMILES string of the molecule is CCC(=O)c1ccc(Nc2cc(-c3ccc4nc(C)n(C)c4c3)nc(N3CCOCC3)n2)cc1. The highest BCUT2D eigenvalue weighted by Gasteiger charge is 2.17. The van der Waals surface area contributed by atoms with E-state index in [1.54, 1.807) is 0 Å². The number of nitrogens with one attached hydrogen (secondary N) is 1. The largest absolute Gasteiger partial charge is 0.378 e. The van der Waals surface area contributed by atoms with E-state index in [1.807, 2.05) is 57.3 Å². The van der Waals surface area contributed by atoms with E-state index in [4.69, 9.17) is 14.7 Å². The second-order valence-corrected chi connectivity index (χ2v) is 8.44. The molecule has 1 aliphatic rings. The third-order valence-corrected chi connectivity index (χ3v) is 6.21. The first-order valence-electron chi connectivity index (χ1n) is 11.6. The number of nitrogens with zero attached hydrogens (tertiary/aromatic N) is 5. The summed E-state index contributed by atoms with van der Waals surface area (Å²) < 4.78 is 7.60. The molecule has 5 rings (SSSR count). The van der Waals surface area contributed by atoms with Crippen molar-refractivity contribution in [2.24, 2.45) is 7.05 Å². The van der Waals surface area contributed by atoms with Crippen molar-refractivity contribution in [1.29, 1.82) is 0 Å². The van der Waals surface area contributed by atoms with E-state index in [9.17, 15) is 4.79 Å². The predicted molar refractivity (Wildman–Crippen MR) is 134 cm³/mol. The molecular formula is C26H28N6O2. The van der Waals surface area contributed by atoms with Crippen LogP contribution in [-0.2, 0) is 11.8 Å². The minimum Gasteiger partial charge on any atom is -0.378 e. The Labute approximate surface area is 198 Å². The number of morpholine rings is 1. The van der Waals surface area contributed by atoms with Crippen LogP contribution in [0.4, 0.5) is 17.5 Å². The van der Waals surface area contributed by atoms with Gasteiger partial charge in [0.25, 0.3) is 0 Å². The third-order valence-electron chi connectivity index (χ3n) is 6.21. The lowest BCUT2D eigenvalue weighted by atomic mass is 10.1. The van der Waals surface area contributed by atoms with E-state index >= 15 is 0 Å². The summed E-state index contributed by atoms with van der Waals surface area (Å²) in [6.45, 7) is 6.68. The van der Waals surface area contributed by atoms with E-state index < -0.39 is 0 Å². The molecule has 2 aromatic heterocycles. The summed E-state index contributed by atoms with van der Waals surface area (Å²) in [4.78, 5) is 28.4. The molecule has 2 aromatic carbocycles. The lowest BCUT2D eigenvalue weighted by Crippen LogP contribution is -2.37. The van der Waals surface area contributed by atoms with Crippen molar-refractivity contribution >= 4 is 34.3 Å². The number of imidazole rings is 1. The van der Waals surface area contributed by atoms with Gasteiger partial charge in [-0.05, 0) is 43.3 Å². The Hall–Kier alpha value is -3.78. The number of aromatic nitrogens is 4. The van der Waals surface area contributed by atoms with E-state index in [2.05, 4.69) is 31.9 Å². The van der Waals surface area contributed by atoms with Crippen LogP contribution in [0.5, 0.6) is 0 Å². The van der Waals surface area contributed by atoms with Gasteiger partial charge in [0, 0.05) is 49.4 Å². The highest BCUT2D eigenvalue weighted by atomic mass is 16.5. The Morgan fingerprint density at radius 3 is 2.53 bits per heavy atom. The minimum absolute atomic E-state index is 0.131. The van der Waals surface area contributed by atoms with E-state index in [0.29, 0.717) is 37.0 Å². The van der Waals surface area contributed by atoms with Gasteiger partial charge >= 0.3 is 0 Å². The molecule has 0 amide bonds. The number of ether oxygens (including phenoxy) is 1. The Balaban J connectivity index is 1.53. The number of fused-ring (bicyclic) bond motifs is 1. The molecule has 0 saturated carbocycles. The highest BCUT2D eigenvalue weighted by Crippen LogP contribution is 2.28. The maximum Gasteiger partial charge on any atom is 0.228 e. The molecule has 0 unspecified atom stereocenters. The lowest BCUT2D eigenvalue weighted by Gasteiger charge is -2.27. The number of Topliss-reactive ketones (excluding diaryl/α,β-unsaturated/α-hetero) is 1. The topological polar surface area (TPSA) is 85.2 Å². The van der Waals surface area contributed by atoms with Gasteiger partial charge in [-0.15, -0.1) is 0 Å². The van der Waals surface area contributed by atoms with Crippen LogP contribution in [0, 0.1) is 6.92 Å². The van der Waals surface area contributed by atoms with Crippen LogP contribution < -0.4 is 10.2 Å². The summed E-state index contributed by atoms with van der Waals surface area (Å²) in [6, 6.07) is 15.7. The molecule has 0 bridgehead atoms. The number of anilines is 3. The van der Waals surface area contributed by atoms with Crippen LogP contribution in [0.15, 0.2) is 48.5 Å². The first-order valence-corrected chi connectivity index (χ1v) is 11.6. The summed E-state index contributed by atoms with van der Waals surface area (Å²) in [5, 5.41) is 3.39. The number of rotatable bonds is 6. The van der Waals surface area contributed by atoms with Gasteiger partial charge < -0.3 is 19.5 Å². The molecule has 1 saturated heterocycles. The zero-order valence-electron chi connectivity index (χ0n) is 19.7. The molecule has 3 heterocycles. The number of aryl methyl sites for hydroxylation is 2. The van der Waals surface area contributed by atoms with E-state index in [-0.39, 0.29) is 5.78 Å². The van der Waals surface area contributed by atoms with Gasteiger partial charge in [-0.25, -0.2) is 9.97 Å². The fourth-order valence-corrected chi connectivity index (χ4v) is 4.11. The summed E-state index contributed by atoms with van der Waals surface area (Å²) in [5.74, 6) is 2.46. The van der Waals surface area contributed by atoms with Crippen molar-refractivity contribution in [2.45, 2.75) is 20.3 Å². The second kappa shape index (κ2) is 9.23. The quantitative estimate of drug-likeness (QED) is 0.427.